The fourth-order valence-electron chi connectivity index (χ4n) is 6.80. The van der Waals surface area contributed by atoms with E-state index < -0.39 is 34.8 Å². The summed E-state index contributed by atoms with van der Waals surface area (Å²) >= 11 is -1.51. The topological polar surface area (TPSA) is 95.2 Å². The van der Waals surface area contributed by atoms with Gasteiger partial charge in [0, 0.05) is 0 Å². The number of rotatable bonds is 4. The molecular weight excluding hydrogens is 537 g/mol. The molecule has 0 amide bonds. The zero-order valence-electron chi connectivity index (χ0n) is 20.8. The third-order valence-electron chi connectivity index (χ3n) is 8.27. The van der Waals surface area contributed by atoms with E-state index in [-0.39, 0.29) is 0 Å². The van der Waals surface area contributed by atoms with Gasteiger partial charge in [-0.05, 0) is 0 Å². The summed E-state index contributed by atoms with van der Waals surface area (Å²) in [7, 11) is 0. The van der Waals surface area contributed by atoms with Crippen molar-refractivity contribution in [1.29, 1.82) is 21.0 Å². The Hall–Kier alpha value is -4.88. The Morgan fingerprint density at radius 1 is 0.410 bits per heavy atom. The molecule has 0 saturated carbocycles. The van der Waals surface area contributed by atoms with Gasteiger partial charge in [0.2, 0.25) is 0 Å². The molecule has 2 radical (unpaired) electrons. The number of allylic oxidation sites excluding steroid dienone is 2. The van der Waals surface area contributed by atoms with E-state index in [1.807, 2.05) is 121 Å². The Labute approximate surface area is 234 Å². The molecule has 2 aliphatic rings. The van der Waals surface area contributed by atoms with Crippen LogP contribution in [0.25, 0.3) is 11.1 Å². The molecule has 1 saturated heterocycles. The first kappa shape index (κ1) is 24.5. The van der Waals surface area contributed by atoms with Gasteiger partial charge in [0.15, 0.2) is 0 Å². The molecule has 0 N–H and O–H groups in total. The van der Waals surface area contributed by atoms with E-state index in [0.717, 1.165) is 33.4 Å². The number of nitriles is 4. The maximum absolute atomic E-state index is 11.1. The Morgan fingerprint density at radius 3 is 0.974 bits per heavy atom. The summed E-state index contributed by atoms with van der Waals surface area (Å²) in [6.07, 6.45) is 0. The predicted octanol–water partition coefficient (Wildman–Crippen LogP) is 6.19. The zero-order valence-corrected chi connectivity index (χ0v) is 22.9. The molecule has 6 rings (SSSR count). The maximum atomic E-state index is 11.1. The Morgan fingerprint density at radius 2 is 0.692 bits per heavy atom. The van der Waals surface area contributed by atoms with Crippen molar-refractivity contribution >= 4 is 26.6 Å². The molecule has 0 aromatic heterocycles. The van der Waals surface area contributed by atoms with Gasteiger partial charge in [0.1, 0.15) is 0 Å². The molecule has 2 aliphatic heterocycles. The molecule has 0 aliphatic carbocycles. The standard InChI is InChI=1S/C34H20GeN4/c36-21-31(22-37)32(23-38,24-39)34(28-19-11-4-12-20-28)30(26-15-7-2-8-16-26)29(25-13-5-1-6-14-25)33(31,35-34)27-17-9-3-10-18-27/h1-20H. The second kappa shape index (κ2) is 8.86. The molecule has 39 heavy (non-hydrogen) atoms. The SMILES string of the molecule is N#CC1(C#N)[C]2(c3ccccc3)[Ge][C](c3ccccc3)(C(c3ccccc3)=C2c2ccccc2)C1(C#N)C#N. The van der Waals surface area contributed by atoms with Crippen LogP contribution < -0.4 is 0 Å². The molecule has 5 heteroatoms. The van der Waals surface area contributed by atoms with Crippen molar-refractivity contribution < 1.29 is 0 Å². The average molecular weight is 557 g/mol. The Kier molecular flexibility index (Phi) is 5.55. The van der Waals surface area contributed by atoms with E-state index in [9.17, 15) is 21.0 Å². The minimum absolute atomic E-state index is 0.797. The summed E-state index contributed by atoms with van der Waals surface area (Å²) in [5.41, 5.74) is 1.20. The number of hydrogen-bond donors (Lipinski definition) is 0. The molecule has 1 fully saturated rings. The molecule has 4 aromatic rings. The van der Waals surface area contributed by atoms with Crippen molar-refractivity contribution in [2.75, 3.05) is 0 Å². The van der Waals surface area contributed by atoms with Gasteiger partial charge >= 0.3 is 235 Å². The van der Waals surface area contributed by atoms with Crippen molar-refractivity contribution in [2.45, 2.75) is 8.49 Å². The second-order valence-corrected chi connectivity index (χ2v) is 13.5. The summed E-state index contributed by atoms with van der Waals surface area (Å²) in [6.45, 7) is 0. The summed E-state index contributed by atoms with van der Waals surface area (Å²) in [4.78, 5) is 0. The number of nitrogens with zero attached hydrogens (tertiary/aromatic N) is 4. The van der Waals surface area contributed by atoms with Gasteiger partial charge in [-0.1, -0.05) is 0 Å². The average Bonchev–Trinajstić information content (AvgIpc) is 3.47. The van der Waals surface area contributed by atoms with E-state index in [1.165, 1.54) is 0 Å². The number of hydrogen-bond acceptors (Lipinski definition) is 4. The van der Waals surface area contributed by atoms with Crippen LogP contribution in [0.4, 0.5) is 0 Å². The van der Waals surface area contributed by atoms with Gasteiger partial charge in [-0.2, -0.15) is 0 Å². The van der Waals surface area contributed by atoms with E-state index >= 15 is 0 Å². The molecule has 2 bridgehead atoms. The first-order valence-electron chi connectivity index (χ1n) is 12.5. The summed E-state index contributed by atoms with van der Waals surface area (Å²) in [5, 5.41) is 44.3. The normalized spacial score (nSPS) is 23.7. The van der Waals surface area contributed by atoms with Gasteiger partial charge < -0.3 is 0 Å². The van der Waals surface area contributed by atoms with Crippen LogP contribution in [-0.4, -0.2) is 15.4 Å². The van der Waals surface area contributed by atoms with Gasteiger partial charge in [-0.25, -0.2) is 0 Å². The van der Waals surface area contributed by atoms with E-state index in [1.54, 1.807) is 0 Å². The van der Waals surface area contributed by atoms with Crippen LogP contribution in [0.5, 0.6) is 0 Å². The fraction of sp³-hybridized carbons (Fsp3) is 0.118. The molecular formula is C34H20GeN4. The van der Waals surface area contributed by atoms with Crippen molar-refractivity contribution in [3.05, 3.63) is 144 Å². The van der Waals surface area contributed by atoms with Crippen LogP contribution in [0.2, 0.25) is 0 Å². The van der Waals surface area contributed by atoms with Crippen molar-refractivity contribution in [3.63, 3.8) is 0 Å². The van der Waals surface area contributed by atoms with Gasteiger partial charge in [-0.15, -0.1) is 0 Å². The van der Waals surface area contributed by atoms with Crippen molar-refractivity contribution in [2.24, 2.45) is 10.8 Å². The number of benzene rings is 4. The van der Waals surface area contributed by atoms with Crippen LogP contribution in [0, 0.1) is 56.2 Å². The van der Waals surface area contributed by atoms with Crippen LogP contribution >= 0.6 is 0 Å². The van der Waals surface area contributed by atoms with E-state index in [0.29, 0.717) is 0 Å². The summed E-state index contributed by atoms with van der Waals surface area (Å²) in [6, 6.07) is 48.3. The Balaban J connectivity index is 1.96. The van der Waals surface area contributed by atoms with Crippen LogP contribution in [0.3, 0.4) is 0 Å². The van der Waals surface area contributed by atoms with Gasteiger partial charge in [0.05, 0.1) is 0 Å². The van der Waals surface area contributed by atoms with Crippen molar-refractivity contribution in [3.8, 4) is 24.3 Å². The van der Waals surface area contributed by atoms with E-state index in [2.05, 4.69) is 24.3 Å². The van der Waals surface area contributed by atoms with Crippen LogP contribution in [0.15, 0.2) is 121 Å². The predicted molar refractivity (Wildman–Crippen MR) is 149 cm³/mol. The molecule has 180 valence electrons. The second-order valence-electron chi connectivity index (χ2n) is 9.79. The van der Waals surface area contributed by atoms with Crippen molar-refractivity contribution in [1.82, 2.24) is 0 Å². The minimum atomic E-state index is -1.95. The molecule has 4 nitrogen and oxygen atoms in total. The summed E-state index contributed by atoms with van der Waals surface area (Å²) in [5.74, 6) is 0. The monoisotopic (exact) mass is 558 g/mol. The van der Waals surface area contributed by atoms with Crippen LogP contribution in [0.1, 0.15) is 22.3 Å². The van der Waals surface area contributed by atoms with Crippen LogP contribution in [-0.2, 0) is 8.49 Å². The number of fused-ring (bicyclic) bond motifs is 2. The summed E-state index contributed by atoms with van der Waals surface area (Å²) < 4.78 is -2.29. The van der Waals surface area contributed by atoms with E-state index in [4.69, 9.17) is 0 Å². The zero-order chi connectivity index (χ0) is 27.1. The quantitative estimate of drug-likeness (QED) is 0.280. The first-order chi connectivity index (χ1) is 19.1. The van der Waals surface area contributed by atoms with Gasteiger partial charge in [-0.3, -0.25) is 0 Å². The van der Waals surface area contributed by atoms with Gasteiger partial charge in [0.25, 0.3) is 0 Å². The molecule has 4 aromatic carbocycles. The molecule has 0 spiro atoms. The Bertz CT molecular complexity index is 1610. The molecule has 2 atom stereocenters. The third-order valence-corrected chi connectivity index (χ3v) is 13.7. The fourth-order valence-corrected chi connectivity index (χ4v) is 13.0. The third kappa shape index (κ3) is 2.74. The molecule has 2 unspecified atom stereocenters. The first-order valence-corrected chi connectivity index (χ1v) is 14.6. The molecule has 2 heterocycles.